The fourth-order valence-electron chi connectivity index (χ4n) is 1.34. The molecule has 0 heterocycles. The first-order chi connectivity index (χ1) is 4.05. The van der Waals surface area contributed by atoms with Crippen LogP contribution in [-0.4, -0.2) is 0 Å². The highest BCUT2D eigenvalue weighted by molar-refractivity contribution is 5.10. The molecule has 0 nitrogen and oxygen atoms in total. The summed E-state index contributed by atoms with van der Waals surface area (Å²) >= 11 is 0. The van der Waals surface area contributed by atoms with Gasteiger partial charge in [-0.25, -0.2) is 0 Å². The fourth-order valence-corrected chi connectivity index (χ4v) is 1.34. The van der Waals surface area contributed by atoms with E-state index in [1.807, 2.05) is 0 Å². The smallest absolute Gasteiger partial charge is 0.0237 e. The molecule has 1 fully saturated rings. The van der Waals surface area contributed by atoms with E-state index in [2.05, 4.69) is 26.7 Å². The summed E-state index contributed by atoms with van der Waals surface area (Å²) in [5, 5.41) is 0. The molecule has 0 aromatic carbocycles. The molecule has 2 atom stereocenters. The summed E-state index contributed by atoms with van der Waals surface area (Å²) in [6, 6.07) is 0. The van der Waals surface area contributed by atoms with Crippen LogP contribution in [0.3, 0.4) is 0 Å². The highest BCUT2D eigenvalue weighted by atomic mass is 14.5. The molecule has 0 aromatic heterocycles. The van der Waals surface area contributed by atoms with Gasteiger partial charge in [0.25, 0.3) is 0 Å². The van der Waals surface area contributed by atoms with E-state index in [0.717, 1.165) is 5.92 Å². The number of hydrogen-bond acceptors (Lipinski definition) is 0. The van der Waals surface area contributed by atoms with Crippen LogP contribution < -0.4 is 0 Å². The standard InChI is InChI=1S/C9H14/c1-5-7-6-8(7)9(2,3)4/h1,7-8H,6H2,2-4H3. The maximum Gasteiger partial charge on any atom is 0.0237 e. The van der Waals surface area contributed by atoms with Gasteiger partial charge in [-0.15, -0.1) is 12.3 Å². The van der Waals surface area contributed by atoms with Crippen molar-refractivity contribution in [1.29, 1.82) is 0 Å². The van der Waals surface area contributed by atoms with Gasteiger partial charge in [-0.1, -0.05) is 20.8 Å². The Morgan fingerprint density at radius 3 is 2.11 bits per heavy atom. The van der Waals surface area contributed by atoms with Crippen molar-refractivity contribution in [3.05, 3.63) is 0 Å². The van der Waals surface area contributed by atoms with E-state index in [9.17, 15) is 0 Å². The molecular weight excluding hydrogens is 108 g/mol. The maximum atomic E-state index is 5.27. The molecule has 0 saturated heterocycles. The summed E-state index contributed by atoms with van der Waals surface area (Å²) in [6.07, 6.45) is 6.52. The Morgan fingerprint density at radius 2 is 2.00 bits per heavy atom. The Balaban J connectivity index is 2.45. The lowest BCUT2D eigenvalue weighted by molar-refractivity contribution is 0.341. The molecular formula is C9H14. The van der Waals surface area contributed by atoms with Gasteiger partial charge >= 0.3 is 0 Å². The molecule has 9 heavy (non-hydrogen) atoms. The van der Waals surface area contributed by atoms with E-state index in [-0.39, 0.29) is 0 Å². The molecule has 0 N–H and O–H groups in total. The first kappa shape index (κ1) is 6.68. The maximum absolute atomic E-state index is 5.27. The summed E-state index contributed by atoms with van der Waals surface area (Å²) in [5.74, 6) is 4.18. The molecule has 0 spiro atoms. The summed E-state index contributed by atoms with van der Waals surface area (Å²) in [6.45, 7) is 6.78. The van der Waals surface area contributed by atoms with E-state index in [4.69, 9.17) is 6.42 Å². The van der Waals surface area contributed by atoms with E-state index in [1.165, 1.54) is 6.42 Å². The minimum atomic E-state index is 0.442. The third kappa shape index (κ3) is 1.27. The van der Waals surface area contributed by atoms with Crippen LogP contribution in [0.2, 0.25) is 0 Å². The summed E-state index contributed by atoms with van der Waals surface area (Å²) in [4.78, 5) is 0. The third-order valence-electron chi connectivity index (χ3n) is 2.12. The van der Waals surface area contributed by atoms with Crippen LogP contribution in [0, 0.1) is 29.6 Å². The predicted octanol–water partition coefficient (Wildman–Crippen LogP) is 2.30. The quantitative estimate of drug-likeness (QED) is 0.432. The lowest BCUT2D eigenvalue weighted by atomic mass is 9.89. The molecule has 2 unspecified atom stereocenters. The van der Waals surface area contributed by atoms with Crippen LogP contribution in [0.25, 0.3) is 0 Å². The van der Waals surface area contributed by atoms with Crippen LogP contribution in [0.1, 0.15) is 27.2 Å². The second-order valence-electron chi connectivity index (χ2n) is 3.98. The van der Waals surface area contributed by atoms with Crippen LogP contribution >= 0.6 is 0 Å². The topological polar surface area (TPSA) is 0 Å². The Kier molecular flexibility index (Phi) is 1.31. The molecule has 1 aliphatic rings. The predicted molar refractivity (Wildman–Crippen MR) is 39.9 cm³/mol. The summed E-state index contributed by atoms with van der Waals surface area (Å²) < 4.78 is 0. The molecule has 1 aliphatic carbocycles. The van der Waals surface area contributed by atoms with Gasteiger partial charge in [0, 0.05) is 5.92 Å². The van der Waals surface area contributed by atoms with Crippen LogP contribution in [0.4, 0.5) is 0 Å². The average Bonchev–Trinajstić information content (AvgIpc) is 2.39. The normalized spacial score (nSPS) is 33.6. The van der Waals surface area contributed by atoms with Crippen molar-refractivity contribution in [2.45, 2.75) is 27.2 Å². The van der Waals surface area contributed by atoms with Gasteiger partial charge in [0.05, 0.1) is 0 Å². The second kappa shape index (κ2) is 1.77. The molecule has 0 amide bonds. The lowest BCUT2D eigenvalue weighted by Crippen LogP contribution is -2.08. The fraction of sp³-hybridized carbons (Fsp3) is 0.778. The van der Waals surface area contributed by atoms with Gasteiger partial charge in [-0.05, 0) is 17.8 Å². The average molecular weight is 122 g/mol. The van der Waals surface area contributed by atoms with Crippen molar-refractivity contribution < 1.29 is 0 Å². The zero-order valence-corrected chi connectivity index (χ0v) is 6.44. The molecule has 0 bridgehead atoms. The zero-order chi connectivity index (χ0) is 7.07. The molecule has 50 valence electrons. The molecule has 1 saturated carbocycles. The summed E-state index contributed by atoms with van der Waals surface area (Å²) in [5.41, 5.74) is 0.442. The SMILES string of the molecule is C#CC1CC1C(C)(C)C. The first-order valence-electron chi connectivity index (χ1n) is 3.52. The van der Waals surface area contributed by atoms with Crippen molar-refractivity contribution >= 4 is 0 Å². The summed E-state index contributed by atoms with van der Waals surface area (Å²) in [7, 11) is 0. The van der Waals surface area contributed by atoms with Crippen LogP contribution in [0.5, 0.6) is 0 Å². The van der Waals surface area contributed by atoms with Crippen molar-refractivity contribution in [2.75, 3.05) is 0 Å². The minimum absolute atomic E-state index is 0.442. The van der Waals surface area contributed by atoms with E-state index in [0.29, 0.717) is 11.3 Å². The van der Waals surface area contributed by atoms with Gasteiger partial charge in [-0.3, -0.25) is 0 Å². The largest absolute Gasteiger partial charge is 0.120 e. The molecule has 0 aliphatic heterocycles. The van der Waals surface area contributed by atoms with E-state index < -0.39 is 0 Å². The molecule has 1 rings (SSSR count). The molecule has 0 aromatic rings. The van der Waals surface area contributed by atoms with Gasteiger partial charge in [0.2, 0.25) is 0 Å². The van der Waals surface area contributed by atoms with E-state index >= 15 is 0 Å². The van der Waals surface area contributed by atoms with E-state index in [1.54, 1.807) is 0 Å². The number of terminal acetylenes is 1. The molecule has 0 radical (unpaired) electrons. The van der Waals surface area contributed by atoms with Crippen molar-refractivity contribution in [3.63, 3.8) is 0 Å². The van der Waals surface area contributed by atoms with Gasteiger partial charge in [0.1, 0.15) is 0 Å². The lowest BCUT2D eigenvalue weighted by Gasteiger charge is -2.16. The Bertz CT molecular complexity index is 142. The Morgan fingerprint density at radius 1 is 1.44 bits per heavy atom. The molecule has 0 heteroatoms. The van der Waals surface area contributed by atoms with Crippen molar-refractivity contribution in [1.82, 2.24) is 0 Å². The van der Waals surface area contributed by atoms with Crippen LogP contribution in [-0.2, 0) is 0 Å². The van der Waals surface area contributed by atoms with Gasteiger partial charge in [0.15, 0.2) is 0 Å². The minimum Gasteiger partial charge on any atom is -0.120 e. The van der Waals surface area contributed by atoms with Gasteiger partial charge < -0.3 is 0 Å². The second-order valence-corrected chi connectivity index (χ2v) is 3.98. The Hall–Kier alpha value is -0.440. The van der Waals surface area contributed by atoms with Crippen LogP contribution in [0.15, 0.2) is 0 Å². The van der Waals surface area contributed by atoms with Crippen molar-refractivity contribution in [2.24, 2.45) is 17.3 Å². The number of rotatable bonds is 0. The highest BCUT2D eigenvalue weighted by Crippen LogP contribution is 2.49. The monoisotopic (exact) mass is 122 g/mol. The van der Waals surface area contributed by atoms with Gasteiger partial charge in [-0.2, -0.15) is 0 Å². The number of hydrogen-bond donors (Lipinski definition) is 0. The first-order valence-corrected chi connectivity index (χ1v) is 3.52. The third-order valence-corrected chi connectivity index (χ3v) is 2.12. The Labute approximate surface area is 57.7 Å². The van der Waals surface area contributed by atoms with Crippen molar-refractivity contribution in [3.8, 4) is 12.3 Å². The zero-order valence-electron chi connectivity index (χ0n) is 6.44. The highest BCUT2D eigenvalue weighted by Gasteiger charge is 2.43.